The highest BCUT2D eigenvalue weighted by Gasteiger charge is 2.17. The minimum Gasteiger partial charge on any atom is -0.488 e. The third-order valence-corrected chi connectivity index (χ3v) is 5.88. The zero-order valence-electron chi connectivity index (χ0n) is 18.7. The van der Waals surface area contributed by atoms with Gasteiger partial charge in [-0.1, -0.05) is 107 Å². The predicted molar refractivity (Wildman–Crippen MR) is 124 cm³/mol. The van der Waals surface area contributed by atoms with Crippen LogP contribution in [0.4, 0.5) is 0 Å². The van der Waals surface area contributed by atoms with Crippen LogP contribution in [-0.2, 0) is 6.42 Å². The maximum Gasteiger partial charge on any atom is 0.226 e. The fraction of sp³-hybridized carbons (Fsp3) is 0.615. The molecule has 30 heavy (non-hydrogen) atoms. The predicted octanol–water partition coefficient (Wildman–Crippen LogP) is 7.64. The molecule has 0 amide bonds. The molecular weight excluding hydrogens is 372 g/mol. The summed E-state index contributed by atoms with van der Waals surface area (Å²) in [6, 6.07) is 8.03. The fourth-order valence-corrected chi connectivity index (χ4v) is 4.03. The average molecular weight is 411 g/mol. The van der Waals surface area contributed by atoms with Crippen molar-refractivity contribution >= 4 is 11.6 Å². The molecule has 1 aliphatic heterocycles. The van der Waals surface area contributed by atoms with Gasteiger partial charge in [-0.05, 0) is 18.6 Å². The second-order valence-corrected chi connectivity index (χ2v) is 8.50. The Morgan fingerprint density at radius 3 is 2.13 bits per heavy atom. The first-order valence-corrected chi connectivity index (χ1v) is 12.1. The Bertz CT molecular complexity index is 766. The lowest BCUT2D eigenvalue weighted by Crippen LogP contribution is -2.07. The van der Waals surface area contributed by atoms with E-state index in [9.17, 15) is 0 Å². The number of benzene rings is 1. The Morgan fingerprint density at radius 2 is 1.43 bits per heavy atom. The molecule has 3 rings (SSSR count). The molecule has 4 heteroatoms. The molecule has 1 aliphatic rings. The van der Waals surface area contributed by atoms with E-state index >= 15 is 0 Å². The lowest BCUT2D eigenvalue weighted by atomic mass is 10.0. The number of ether oxygens (including phenoxy) is 1. The molecular formula is C26H38N2O2. The average Bonchev–Trinajstić information content (AvgIpc) is 3.25. The van der Waals surface area contributed by atoms with Gasteiger partial charge in [0.2, 0.25) is 11.7 Å². The third kappa shape index (κ3) is 7.62. The van der Waals surface area contributed by atoms with Crippen LogP contribution in [0.3, 0.4) is 0 Å². The van der Waals surface area contributed by atoms with Crippen molar-refractivity contribution in [2.75, 3.05) is 6.61 Å². The molecule has 0 fully saturated rings. The summed E-state index contributed by atoms with van der Waals surface area (Å²) in [4.78, 5) is 4.58. The normalized spacial score (nSPS) is 13.0. The summed E-state index contributed by atoms with van der Waals surface area (Å²) in [5.41, 5.74) is 2.05. The second-order valence-electron chi connectivity index (χ2n) is 8.50. The van der Waals surface area contributed by atoms with Gasteiger partial charge < -0.3 is 9.26 Å². The molecule has 0 spiro atoms. The number of rotatable bonds is 15. The van der Waals surface area contributed by atoms with Crippen LogP contribution in [0.25, 0.3) is 11.6 Å². The van der Waals surface area contributed by atoms with E-state index in [0.29, 0.717) is 12.4 Å². The molecule has 4 nitrogen and oxygen atoms in total. The first kappa shape index (κ1) is 22.6. The van der Waals surface area contributed by atoms with E-state index in [-0.39, 0.29) is 0 Å². The van der Waals surface area contributed by atoms with Gasteiger partial charge in [-0.25, -0.2) is 0 Å². The Hall–Kier alpha value is -2.10. The lowest BCUT2D eigenvalue weighted by Gasteiger charge is -2.15. The van der Waals surface area contributed by atoms with Gasteiger partial charge in [0.15, 0.2) is 0 Å². The van der Waals surface area contributed by atoms with E-state index in [4.69, 9.17) is 9.26 Å². The first-order valence-electron chi connectivity index (χ1n) is 12.1. The van der Waals surface area contributed by atoms with Crippen molar-refractivity contribution in [3.63, 3.8) is 0 Å². The summed E-state index contributed by atoms with van der Waals surface area (Å²) in [7, 11) is 0. The quantitative estimate of drug-likeness (QED) is 0.283. The van der Waals surface area contributed by atoms with Crippen LogP contribution in [0, 0.1) is 0 Å². The van der Waals surface area contributed by atoms with Crippen LogP contribution in [0.15, 0.2) is 28.8 Å². The Labute approximate surface area is 182 Å². The maximum absolute atomic E-state index is 5.79. The van der Waals surface area contributed by atoms with Crippen molar-refractivity contribution in [1.29, 1.82) is 0 Å². The molecule has 1 aromatic heterocycles. The minimum absolute atomic E-state index is 0.495. The number of para-hydroxylation sites is 1. The van der Waals surface area contributed by atoms with Crippen LogP contribution < -0.4 is 4.74 Å². The van der Waals surface area contributed by atoms with Gasteiger partial charge in [-0.3, -0.25) is 0 Å². The van der Waals surface area contributed by atoms with E-state index < -0.39 is 0 Å². The van der Waals surface area contributed by atoms with Gasteiger partial charge >= 0.3 is 0 Å². The smallest absolute Gasteiger partial charge is 0.226 e. The Balaban J connectivity index is 1.23. The highest BCUT2D eigenvalue weighted by molar-refractivity contribution is 5.82. The molecule has 2 heterocycles. The van der Waals surface area contributed by atoms with Gasteiger partial charge in [0.05, 0.1) is 0 Å². The number of unbranched alkanes of at least 4 members (excludes halogenated alkanes) is 12. The van der Waals surface area contributed by atoms with Crippen molar-refractivity contribution in [2.45, 2.75) is 96.8 Å². The highest BCUT2D eigenvalue weighted by Crippen LogP contribution is 2.29. The van der Waals surface area contributed by atoms with E-state index in [2.05, 4.69) is 23.1 Å². The number of fused-ring (bicyclic) bond motifs is 1. The number of hydrogen-bond acceptors (Lipinski definition) is 4. The second kappa shape index (κ2) is 13.3. The fourth-order valence-electron chi connectivity index (χ4n) is 4.03. The topological polar surface area (TPSA) is 48.2 Å². The largest absolute Gasteiger partial charge is 0.488 e. The Kier molecular flexibility index (Phi) is 9.98. The first-order chi connectivity index (χ1) is 14.9. The minimum atomic E-state index is 0.495. The molecule has 164 valence electrons. The zero-order chi connectivity index (χ0) is 20.9. The molecule has 0 unspecified atom stereocenters. The SMILES string of the molecule is CCCCCCCCCCCCCCCc1nc(C2=Cc3ccccc3OC2)no1. The zero-order valence-corrected chi connectivity index (χ0v) is 18.7. The van der Waals surface area contributed by atoms with E-state index in [0.717, 1.165) is 35.6 Å². The van der Waals surface area contributed by atoms with E-state index in [1.807, 2.05) is 24.3 Å². The molecule has 1 aromatic carbocycles. The Morgan fingerprint density at radius 1 is 0.800 bits per heavy atom. The van der Waals surface area contributed by atoms with Crippen LogP contribution in [0.1, 0.15) is 108 Å². The summed E-state index contributed by atoms with van der Waals surface area (Å²) in [6.07, 6.45) is 20.7. The van der Waals surface area contributed by atoms with E-state index in [1.165, 1.54) is 77.0 Å². The number of hydrogen-bond donors (Lipinski definition) is 0. The molecule has 0 N–H and O–H groups in total. The van der Waals surface area contributed by atoms with Crippen LogP contribution in [0.2, 0.25) is 0 Å². The van der Waals surface area contributed by atoms with Crippen molar-refractivity contribution in [2.24, 2.45) is 0 Å². The lowest BCUT2D eigenvalue weighted by molar-refractivity contribution is 0.358. The van der Waals surface area contributed by atoms with Crippen molar-refractivity contribution in [3.8, 4) is 5.75 Å². The maximum atomic E-state index is 5.79. The van der Waals surface area contributed by atoms with Crippen molar-refractivity contribution in [3.05, 3.63) is 41.5 Å². The summed E-state index contributed by atoms with van der Waals surface area (Å²) in [5, 5.41) is 4.16. The number of aryl methyl sites for hydroxylation is 1. The highest BCUT2D eigenvalue weighted by atomic mass is 16.5. The number of aromatic nitrogens is 2. The van der Waals surface area contributed by atoms with Gasteiger partial charge in [0, 0.05) is 17.6 Å². The van der Waals surface area contributed by atoms with Crippen LogP contribution in [-0.4, -0.2) is 16.7 Å². The van der Waals surface area contributed by atoms with Crippen LogP contribution in [0.5, 0.6) is 5.75 Å². The van der Waals surface area contributed by atoms with E-state index in [1.54, 1.807) is 0 Å². The van der Waals surface area contributed by atoms with Crippen molar-refractivity contribution in [1.82, 2.24) is 10.1 Å². The van der Waals surface area contributed by atoms with Gasteiger partial charge in [-0.2, -0.15) is 4.98 Å². The summed E-state index contributed by atoms with van der Waals surface area (Å²) in [5.74, 6) is 2.32. The third-order valence-electron chi connectivity index (χ3n) is 5.88. The molecule has 0 bridgehead atoms. The monoisotopic (exact) mass is 410 g/mol. The van der Waals surface area contributed by atoms with Gasteiger partial charge in [0.1, 0.15) is 12.4 Å². The molecule has 0 saturated heterocycles. The molecule has 2 aromatic rings. The van der Waals surface area contributed by atoms with Crippen LogP contribution >= 0.6 is 0 Å². The van der Waals surface area contributed by atoms with Gasteiger partial charge in [0.25, 0.3) is 0 Å². The number of nitrogens with zero attached hydrogens (tertiary/aromatic N) is 2. The molecule has 0 radical (unpaired) electrons. The molecule has 0 aliphatic carbocycles. The van der Waals surface area contributed by atoms with Crippen molar-refractivity contribution < 1.29 is 9.26 Å². The summed E-state index contributed by atoms with van der Waals surface area (Å²) < 4.78 is 11.2. The summed E-state index contributed by atoms with van der Waals surface area (Å²) in [6.45, 7) is 2.78. The molecule has 0 atom stereocenters. The molecule has 0 saturated carbocycles. The summed E-state index contributed by atoms with van der Waals surface area (Å²) >= 11 is 0. The van der Waals surface area contributed by atoms with Gasteiger partial charge in [-0.15, -0.1) is 0 Å². The standard InChI is InChI=1S/C26H38N2O2/c1-2-3-4-5-6-7-8-9-10-11-12-13-14-19-25-27-26(28-30-25)23-20-22-17-15-16-18-24(22)29-21-23/h15-18,20H,2-14,19,21H2,1H3.